The number of nitrogens with zero attached hydrogens (tertiary/aromatic N) is 1. The molecule has 1 amide bonds. The first kappa shape index (κ1) is 11.1. The summed E-state index contributed by atoms with van der Waals surface area (Å²) in [5, 5.41) is 2.46. The fraction of sp³-hybridized carbons (Fsp3) is 0.182. The molecule has 1 aromatic heterocycles. The van der Waals surface area contributed by atoms with E-state index in [1.54, 1.807) is 18.2 Å². The Hall–Kier alpha value is -2.37. The van der Waals surface area contributed by atoms with Gasteiger partial charge in [0, 0.05) is 7.05 Å². The Morgan fingerprint density at radius 2 is 2.18 bits per heavy atom. The van der Waals surface area contributed by atoms with Gasteiger partial charge in [0.2, 0.25) is 0 Å². The monoisotopic (exact) mass is 233 g/mol. The third-order valence-electron chi connectivity index (χ3n) is 2.36. The predicted molar refractivity (Wildman–Crippen MR) is 60.8 cm³/mol. The number of ether oxygens (including phenoxy) is 1. The molecule has 2 N–H and O–H groups in total. The van der Waals surface area contributed by atoms with Crippen molar-refractivity contribution in [1.29, 1.82) is 0 Å². The minimum absolute atomic E-state index is 0.166. The molecule has 1 heterocycles. The van der Waals surface area contributed by atoms with Crippen LogP contribution in [0.5, 0.6) is 0 Å². The average Bonchev–Trinajstić information content (AvgIpc) is 2.80. The summed E-state index contributed by atoms with van der Waals surface area (Å²) in [5.41, 5.74) is 1.38. The zero-order valence-corrected chi connectivity index (χ0v) is 9.40. The number of aromatic amines is 1. The minimum atomic E-state index is -0.481. The Morgan fingerprint density at radius 1 is 1.41 bits per heavy atom. The molecule has 6 nitrogen and oxygen atoms in total. The number of carbonyl (C=O) groups is 2. The summed E-state index contributed by atoms with van der Waals surface area (Å²) in [4.78, 5) is 29.8. The molecule has 2 rings (SSSR count). The highest BCUT2D eigenvalue weighted by Gasteiger charge is 2.16. The SMILES string of the molecule is CNC(=O)c1nc2c(C(=O)OC)cccc2[nH]1. The van der Waals surface area contributed by atoms with Crippen LogP contribution in [-0.4, -0.2) is 36.0 Å². The van der Waals surface area contributed by atoms with Gasteiger partial charge in [-0.25, -0.2) is 9.78 Å². The van der Waals surface area contributed by atoms with Crippen molar-refractivity contribution in [2.75, 3.05) is 14.2 Å². The number of benzene rings is 1. The molecule has 0 bridgehead atoms. The summed E-state index contributed by atoms with van der Waals surface area (Å²) in [7, 11) is 2.81. The number of hydrogen-bond donors (Lipinski definition) is 2. The number of rotatable bonds is 2. The van der Waals surface area contributed by atoms with Gasteiger partial charge in [-0.2, -0.15) is 0 Å². The van der Waals surface area contributed by atoms with E-state index < -0.39 is 5.97 Å². The summed E-state index contributed by atoms with van der Waals surface area (Å²) in [5.74, 6) is -0.651. The second-order valence-corrected chi connectivity index (χ2v) is 3.36. The molecule has 0 aliphatic heterocycles. The fourth-order valence-corrected chi connectivity index (χ4v) is 1.53. The number of aromatic nitrogens is 2. The van der Waals surface area contributed by atoms with Crippen molar-refractivity contribution < 1.29 is 14.3 Å². The lowest BCUT2D eigenvalue weighted by molar-refractivity contribution is 0.0602. The molecule has 0 aliphatic carbocycles. The number of esters is 1. The smallest absolute Gasteiger partial charge is 0.340 e. The quantitative estimate of drug-likeness (QED) is 0.748. The first-order valence-electron chi connectivity index (χ1n) is 4.96. The molecule has 88 valence electrons. The Morgan fingerprint density at radius 3 is 2.82 bits per heavy atom. The van der Waals surface area contributed by atoms with Crippen LogP contribution in [0.15, 0.2) is 18.2 Å². The molecule has 0 fully saturated rings. The molecule has 0 spiro atoms. The number of H-pyrrole nitrogens is 1. The number of fused-ring (bicyclic) bond motifs is 1. The Balaban J connectivity index is 2.60. The number of carbonyl (C=O) groups excluding carboxylic acids is 2. The number of imidazole rings is 1. The summed E-state index contributed by atoms with van der Waals surface area (Å²) in [6, 6.07) is 5.03. The van der Waals surface area contributed by atoms with Crippen molar-refractivity contribution in [3.05, 3.63) is 29.6 Å². The van der Waals surface area contributed by atoms with Crippen molar-refractivity contribution >= 4 is 22.9 Å². The van der Waals surface area contributed by atoms with Crippen LogP contribution in [0.2, 0.25) is 0 Å². The van der Waals surface area contributed by atoms with E-state index in [1.807, 2.05) is 0 Å². The summed E-state index contributed by atoms with van der Waals surface area (Å²) >= 11 is 0. The van der Waals surface area contributed by atoms with Gasteiger partial charge in [0.25, 0.3) is 5.91 Å². The number of hydrogen-bond acceptors (Lipinski definition) is 4. The van der Waals surface area contributed by atoms with Crippen LogP contribution >= 0.6 is 0 Å². The van der Waals surface area contributed by atoms with Gasteiger partial charge >= 0.3 is 5.97 Å². The van der Waals surface area contributed by atoms with Gasteiger partial charge in [-0.05, 0) is 12.1 Å². The zero-order chi connectivity index (χ0) is 12.4. The second kappa shape index (κ2) is 4.25. The Kier molecular flexibility index (Phi) is 2.78. The van der Waals surface area contributed by atoms with Gasteiger partial charge in [-0.1, -0.05) is 6.07 Å². The molecular weight excluding hydrogens is 222 g/mol. The van der Waals surface area contributed by atoms with Crippen LogP contribution < -0.4 is 5.32 Å². The summed E-state index contributed by atoms with van der Waals surface area (Å²) < 4.78 is 4.65. The first-order valence-corrected chi connectivity index (χ1v) is 4.96. The third kappa shape index (κ3) is 1.84. The number of nitrogens with one attached hydrogen (secondary N) is 2. The van der Waals surface area contributed by atoms with Gasteiger partial charge < -0.3 is 15.0 Å². The van der Waals surface area contributed by atoms with Crippen LogP contribution in [0.4, 0.5) is 0 Å². The van der Waals surface area contributed by atoms with Crippen LogP contribution in [0.3, 0.4) is 0 Å². The molecule has 17 heavy (non-hydrogen) atoms. The second-order valence-electron chi connectivity index (χ2n) is 3.36. The third-order valence-corrected chi connectivity index (χ3v) is 2.36. The lowest BCUT2D eigenvalue weighted by Crippen LogP contribution is -2.19. The molecule has 0 atom stereocenters. The van der Waals surface area contributed by atoms with Crippen LogP contribution in [0.25, 0.3) is 11.0 Å². The van der Waals surface area contributed by atoms with Crippen molar-refractivity contribution in [3.8, 4) is 0 Å². The van der Waals surface area contributed by atoms with E-state index in [4.69, 9.17) is 0 Å². The predicted octanol–water partition coefficient (Wildman–Crippen LogP) is 0.709. The van der Waals surface area contributed by atoms with Crippen LogP contribution in [0, 0.1) is 0 Å². The molecule has 0 radical (unpaired) electrons. The average molecular weight is 233 g/mol. The summed E-state index contributed by atoms with van der Waals surface area (Å²) in [6.45, 7) is 0. The van der Waals surface area contributed by atoms with Crippen LogP contribution in [0.1, 0.15) is 21.0 Å². The molecule has 0 saturated heterocycles. The van der Waals surface area contributed by atoms with Crippen molar-refractivity contribution in [3.63, 3.8) is 0 Å². The molecule has 0 unspecified atom stereocenters. The number of amides is 1. The van der Waals surface area contributed by atoms with Gasteiger partial charge in [0.05, 0.1) is 18.2 Å². The standard InChI is InChI=1S/C11H11N3O3/c1-12-10(15)9-13-7-5-3-4-6(8(7)14-9)11(16)17-2/h3-5H,1-2H3,(H,12,15)(H,13,14). The normalized spacial score (nSPS) is 10.2. The molecule has 0 saturated carbocycles. The maximum Gasteiger partial charge on any atom is 0.340 e. The van der Waals surface area contributed by atoms with Gasteiger partial charge in [-0.3, -0.25) is 4.79 Å². The lowest BCUT2D eigenvalue weighted by Gasteiger charge is -1.98. The molecular formula is C11H11N3O3. The topological polar surface area (TPSA) is 84.1 Å². The molecule has 6 heteroatoms. The highest BCUT2D eigenvalue weighted by atomic mass is 16.5. The van der Waals surface area contributed by atoms with E-state index in [0.717, 1.165) is 0 Å². The number of methoxy groups -OCH3 is 1. The molecule has 2 aromatic rings. The van der Waals surface area contributed by atoms with Gasteiger partial charge in [-0.15, -0.1) is 0 Å². The van der Waals surface area contributed by atoms with Crippen molar-refractivity contribution in [2.24, 2.45) is 0 Å². The van der Waals surface area contributed by atoms with Crippen LogP contribution in [-0.2, 0) is 4.74 Å². The van der Waals surface area contributed by atoms with E-state index in [9.17, 15) is 9.59 Å². The highest BCUT2D eigenvalue weighted by Crippen LogP contribution is 2.17. The first-order chi connectivity index (χ1) is 8.17. The van der Waals surface area contributed by atoms with E-state index in [2.05, 4.69) is 20.0 Å². The lowest BCUT2D eigenvalue weighted by atomic mass is 10.2. The Labute approximate surface area is 97.0 Å². The minimum Gasteiger partial charge on any atom is -0.465 e. The Bertz CT molecular complexity index is 589. The maximum absolute atomic E-state index is 11.5. The van der Waals surface area contributed by atoms with Gasteiger partial charge in [0.1, 0.15) is 5.52 Å². The van der Waals surface area contributed by atoms with E-state index in [-0.39, 0.29) is 11.7 Å². The van der Waals surface area contributed by atoms with E-state index >= 15 is 0 Å². The van der Waals surface area contributed by atoms with E-state index in [0.29, 0.717) is 16.6 Å². The highest BCUT2D eigenvalue weighted by molar-refractivity contribution is 6.03. The van der Waals surface area contributed by atoms with Crippen molar-refractivity contribution in [1.82, 2.24) is 15.3 Å². The van der Waals surface area contributed by atoms with Gasteiger partial charge in [0.15, 0.2) is 5.82 Å². The fourth-order valence-electron chi connectivity index (χ4n) is 1.53. The largest absolute Gasteiger partial charge is 0.465 e. The maximum atomic E-state index is 11.5. The number of para-hydroxylation sites is 1. The van der Waals surface area contributed by atoms with E-state index in [1.165, 1.54) is 14.2 Å². The molecule has 1 aromatic carbocycles. The van der Waals surface area contributed by atoms with Crippen molar-refractivity contribution in [2.45, 2.75) is 0 Å². The zero-order valence-electron chi connectivity index (χ0n) is 9.40. The summed E-state index contributed by atoms with van der Waals surface area (Å²) in [6.07, 6.45) is 0. The molecule has 0 aliphatic rings.